The fourth-order valence-electron chi connectivity index (χ4n) is 1.98. The molecule has 0 heterocycles. The van der Waals surface area contributed by atoms with E-state index in [1.54, 1.807) is 30.3 Å². The molecule has 0 aromatic heterocycles. The fourth-order valence-corrected chi connectivity index (χ4v) is 2.24. The quantitative estimate of drug-likeness (QED) is 0.860. The molecule has 4 nitrogen and oxygen atoms in total. The number of amides is 1. The monoisotopic (exact) mass is 319 g/mol. The second-order valence-corrected chi connectivity index (χ2v) is 5.30. The van der Waals surface area contributed by atoms with Gasteiger partial charge in [0, 0.05) is 17.1 Å². The summed E-state index contributed by atoms with van der Waals surface area (Å²) in [5.74, 6) is 0.374. The van der Waals surface area contributed by atoms with Gasteiger partial charge in [0.15, 0.2) is 6.61 Å². The lowest BCUT2D eigenvalue weighted by Gasteiger charge is -2.14. The molecule has 0 aliphatic heterocycles. The van der Waals surface area contributed by atoms with Crippen LogP contribution in [0.2, 0.25) is 5.02 Å². The highest BCUT2D eigenvalue weighted by molar-refractivity contribution is 6.31. The summed E-state index contributed by atoms with van der Waals surface area (Å²) >= 11 is 6.00. The van der Waals surface area contributed by atoms with Crippen molar-refractivity contribution >= 4 is 17.5 Å². The van der Waals surface area contributed by atoms with Crippen LogP contribution in [0.25, 0.3) is 0 Å². The number of carbonyl (C=O) groups is 1. The van der Waals surface area contributed by atoms with Gasteiger partial charge < -0.3 is 15.2 Å². The van der Waals surface area contributed by atoms with Crippen molar-refractivity contribution in [1.82, 2.24) is 5.32 Å². The summed E-state index contributed by atoms with van der Waals surface area (Å²) in [6.07, 6.45) is -0.851. The van der Waals surface area contributed by atoms with Crippen LogP contribution in [0.4, 0.5) is 0 Å². The summed E-state index contributed by atoms with van der Waals surface area (Å²) in [7, 11) is 0. The van der Waals surface area contributed by atoms with Gasteiger partial charge in [0.1, 0.15) is 5.75 Å². The van der Waals surface area contributed by atoms with Crippen LogP contribution >= 0.6 is 11.6 Å². The zero-order chi connectivity index (χ0) is 15.9. The molecule has 0 fully saturated rings. The van der Waals surface area contributed by atoms with Crippen LogP contribution in [0.5, 0.6) is 5.75 Å². The zero-order valence-electron chi connectivity index (χ0n) is 12.3. The number of rotatable bonds is 6. The Morgan fingerprint density at radius 2 is 1.91 bits per heavy atom. The Balaban J connectivity index is 1.81. The number of hydrogen-bond donors (Lipinski definition) is 2. The van der Waals surface area contributed by atoms with Crippen LogP contribution < -0.4 is 10.1 Å². The van der Waals surface area contributed by atoms with E-state index in [2.05, 4.69) is 5.32 Å². The summed E-state index contributed by atoms with van der Waals surface area (Å²) in [6.45, 7) is 1.90. The van der Waals surface area contributed by atoms with Gasteiger partial charge in [0.2, 0.25) is 0 Å². The van der Waals surface area contributed by atoms with E-state index in [4.69, 9.17) is 16.3 Å². The average molecular weight is 320 g/mol. The summed E-state index contributed by atoms with van der Waals surface area (Å²) in [5, 5.41) is 13.1. The third-order valence-corrected chi connectivity index (χ3v) is 3.55. The smallest absolute Gasteiger partial charge is 0.258 e. The molecule has 0 aliphatic rings. The van der Waals surface area contributed by atoms with Crippen molar-refractivity contribution in [2.45, 2.75) is 13.0 Å². The minimum Gasteiger partial charge on any atom is -0.484 e. The molecular weight excluding hydrogens is 302 g/mol. The number of ether oxygens (including phenoxy) is 1. The minimum atomic E-state index is -0.851. The molecule has 0 saturated heterocycles. The third-order valence-electron chi connectivity index (χ3n) is 3.21. The van der Waals surface area contributed by atoms with Crippen molar-refractivity contribution in [1.29, 1.82) is 0 Å². The van der Waals surface area contributed by atoms with Gasteiger partial charge in [0.05, 0.1) is 6.10 Å². The Labute approximate surface area is 134 Å². The standard InChI is InChI=1S/C17H18ClNO3/c1-12-6-2-5-9-16(12)22-11-17(21)19-10-15(20)13-7-3-4-8-14(13)18/h2-9,15,20H,10-11H2,1H3,(H,19,21). The van der Waals surface area contributed by atoms with Crippen LogP contribution in [-0.4, -0.2) is 24.2 Å². The van der Waals surface area contributed by atoms with Gasteiger partial charge >= 0.3 is 0 Å². The highest BCUT2D eigenvalue weighted by atomic mass is 35.5. The molecule has 2 aromatic rings. The first kappa shape index (κ1) is 16.3. The van der Waals surface area contributed by atoms with Crippen LogP contribution in [0.15, 0.2) is 48.5 Å². The van der Waals surface area contributed by atoms with Gasteiger partial charge in [-0.1, -0.05) is 48.0 Å². The molecule has 0 aliphatic carbocycles. The highest BCUT2D eigenvalue weighted by Gasteiger charge is 2.12. The van der Waals surface area contributed by atoms with Crippen molar-refractivity contribution in [2.24, 2.45) is 0 Å². The maximum absolute atomic E-state index is 11.8. The molecule has 0 saturated carbocycles. The van der Waals surface area contributed by atoms with Gasteiger partial charge in [-0.15, -0.1) is 0 Å². The predicted octanol–water partition coefficient (Wildman–Crippen LogP) is 2.88. The third kappa shape index (κ3) is 4.48. The number of hydrogen-bond acceptors (Lipinski definition) is 3. The van der Waals surface area contributed by atoms with Gasteiger partial charge in [0.25, 0.3) is 5.91 Å². The van der Waals surface area contributed by atoms with Crippen molar-refractivity contribution in [3.63, 3.8) is 0 Å². The van der Waals surface area contributed by atoms with E-state index < -0.39 is 6.10 Å². The van der Waals surface area contributed by atoms with Crippen LogP contribution in [0, 0.1) is 6.92 Å². The molecule has 0 radical (unpaired) electrons. The molecule has 2 rings (SSSR count). The number of aryl methyl sites for hydroxylation is 1. The Morgan fingerprint density at radius 1 is 1.23 bits per heavy atom. The average Bonchev–Trinajstić information content (AvgIpc) is 2.52. The number of para-hydroxylation sites is 1. The molecule has 1 unspecified atom stereocenters. The van der Waals surface area contributed by atoms with Crippen LogP contribution in [0.1, 0.15) is 17.2 Å². The number of aliphatic hydroxyl groups is 1. The van der Waals surface area contributed by atoms with Crippen molar-refractivity contribution in [2.75, 3.05) is 13.2 Å². The number of aliphatic hydroxyl groups excluding tert-OH is 1. The molecule has 2 aromatic carbocycles. The molecule has 116 valence electrons. The first-order valence-electron chi connectivity index (χ1n) is 6.95. The second kappa shape index (κ2) is 7.82. The Hall–Kier alpha value is -2.04. The summed E-state index contributed by atoms with van der Waals surface area (Å²) in [4.78, 5) is 11.8. The largest absolute Gasteiger partial charge is 0.484 e. The summed E-state index contributed by atoms with van der Waals surface area (Å²) in [5.41, 5.74) is 1.55. The molecule has 0 bridgehead atoms. The number of nitrogens with one attached hydrogen (secondary N) is 1. The van der Waals surface area contributed by atoms with Crippen LogP contribution in [0.3, 0.4) is 0 Å². The van der Waals surface area contributed by atoms with E-state index in [0.717, 1.165) is 5.56 Å². The second-order valence-electron chi connectivity index (χ2n) is 4.90. The minimum absolute atomic E-state index is 0.0830. The molecule has 1 amide bonds. The summed E-state index contributed by atoms with van der Waals surface area (Å²) < 4.78 is 5.44. The van der Waals surface area contributed by atoms with Gasteiger partial charge in [-0.05, 0) is 24.6 Å². The molecule has 2 N–H and O–H groups in total. The van der Waals surface area contributed by atoms with Gasteiger partial charge in [-0.2, -0.15) is 0 Å². The lowest BCUT2D eigenvalue weighted by molar-refractivity contribution is -0.123. The van der Waals surface area contributed by atoms with E-state index >= 15 is 0 Å². The van der Waals surface area contributed by atoms with E-state index in [1.807, 2.05) is 25.1 Å². The SMILES string of the molecule is Cc1ccccc1OCC(=O)NCC(O)c1ccccc1Cl. The first-order chi connectivity index (χ1) is 10.6. The first-order valence-corrected chi connectivity index (χ1v) is 7.33. The van der Waals surface area contributed by atoms with Gasteiger partial charge in [-0.3, -0.25) is 4.79 Å². The Morgan fingerprint density at radius 3 is 2.64 bits per heavy atom. The van der Waals surface area contributed by atoms with Gasteiger partial charge in [-0.25, -0.2) is 0 Å². The van der Waals surface area contributed by atoms with Crippen molar-refractivity contribution in [3.05, 3.63) is 64.7 Å². The maximum Gasteiger partial charge on any atom is 0.258 e. The van der Waals surface area contributed by atoms with E-state index in [0.29, 0.717) is 16.3 Å². The van der Waals surface area contributed by atoms with Crippen LogP contribution in [-0.2, 0) is 4.79 Å². The maximum atomic E-state index is 11.8. The number of benzene rings is 2. The molecule has 1 atom stereocenters. The predicted molar refractivity (Wildman–Crippen MR) is 86.1 cm³/mol. The van der Waals surface area contributed by atoms with E-state index in [-0.39, 0.29) is 19.1 Å². The van der Waals surface area contributed by atoms with Crippen molar-refractivity contribution in [3.8, 4) is 5.75 Å². The zero-order valence-corrected chi connectivity index (χ0v) is 13.0. The fraction of sp³-hybridized carbons (Fsp3) is 0.235. The lowest BCUT2D eigenvalue weighted by Crippen LogP contribution is -2.32. The lowest BCUT2D eigenvalue weighted by atomic mass is 10.1. The highest BCUT2D eigenvalue weighted by Crippen LogP contribution is 2.21. The molecule has 22 heavy (non-hydrogen) atoms. The molecule has 5 heteroatoms. The van der Waals surface area contributed by atoms with Crippen molar-refractivity contribution < 1.29 is 14.6 Å². The Kier molecular flexibility index (Phi) is 5.81. The number of halogens is 1. The molecule has 0 spiro atoms. The van der Waals surface area contributed by atoms with E-state index in [1.165, 1.54) is 0 Å². The number of carbonyl (C=O) groups excluding carboxylic acids is 1. The summed E-state index contributed by atoms with van der Waals surface area (Å²) in [6, 6.07) is 14.5. The van der Waals surface area contributed by atoms with E-state index in [9.17, 15) is 9.90 Å². The Bertz CT molecular complexity index is 645. The topological polar surface area (TPSA) is 58.6 Å². The normalized spacial score (nSPS) is 11.8. The molecular formula is C17H18ClNO3.